The summed E-state index contributed by atoms with van der Waals surface area (Å²) in [7, 11) is 0. The van der Waals surface area contributed by atoms with Crippen molar-refractivity contribution >= 4 is 15.9 Å². The first-order valence-electron chi connectivity index (χ1n) is 6.21. The Bertz CT molecular complexity index is 450. The lowest BCUT2D eigenvalue weighted by molar-refractivity contribution is 0.0374. The second-order valence-electron chi connectivity index (χ2n) is 4.50. The highest BCUT2D eigenvalue weighted by Gasteiger charge is 2.18. The molecule has 0 atom stereocenters. The molecule has 0 radical (unpaired) electrons. The van der Waals surface area contributed by atoms with Crippen LogP contribution >= 0.6 is 15.9 Å². The summed E-state index contributed by atoms with van der Waals surface area (Å²) in [5.41, 5.74) is -0.172. The molecule has 1 aliphatic rings. The molecule has 0 saturated carbocycles. The van der Waals surface area contributed by atoms with Crippen LogP contribution in [0, 0.1) is 17.5 Å². The summed E-state index contributed by atoms with van der Waals surface area (Å²) in [6.07, 6.45) is 0.786. The van der Waals surface area contributed by atoms with Crippen LogP contribution in [-0.4, -0.2) is 37.7 Å². The van der Waals surface area contributed by atoms with E-state index >= 15 is 0 Å². The van der Waals surface area contributed by atoms with E-state index in [-0.39, 0.29) is 16.5 Å². The lowest BCUT2D eigenvalue weighted by atomic mass is 10.1. The van der Waals surface area contributed by atoms with E-state index in [1.807, 2.05) is 0 Å². The van der Waals surface area contributed by atoms with Gasteiger partial charge in [-0.2, -0.15) is 0 Å². The minimum absolute atomic E-state index is 0.172. The largest absolute Gasteiger partial charge is 0.379 e. The van der Waals surface area contributed by atoms with Crippen LogP contribution < -0.4 is 0 Å². The van der Waals surface area contributed by atoms with Crippen LogP contribution in [0.2, 0.25) is 0 Å². The quantitative estimate of drug-likeness (QED) is 0.618. The van der Waals surface area contributed by atoms with Gasteiger partial charge in [0.05, 0.1) is 17.7 Å². The highest BCUT2D eigenvalue weighted by molar-refractivity contribution is 9.10. The number of ether oxygens (including phenoxy) is 1. The summed E-state index contributed by atoms with van der Waals surface area (Å²) in [5, 5.41) is 0. The highest BCUT2D eigenvalue weighted by Crippen LogP contribution is 2.25. The van der Waals surface area contributed by atoms with Crippen molar-refractivity contribution < 1.29 is 17.9 Å². The van der Waals surface area contributed by atoms with E-state index in [1.54, 1.807) is 0 Å². The van der Waals surface area contributed by atoms with E-state index in [4.69, 9.17) is 4.74 Å². The van der Waals surface area contributed by atoms with Crippen molar-refractivity contribution in [3.8, 4) is 0 Å². The first kappa shape index (κ1) is 14.8. The third-order valence-corrected chi connectivity index (χ3v) is 3.79. The van der Waals surface area contributed by atoms with Crippen LogP contribution in [0.25, 0.3) is 0 Å². The molecule has 0 aliphatic carbocycles. The van der Waals surface area contributed by atoms with E-state index in [0.717, 1.165) is 25.7 Å². The van der Waals surface area contributed by atoms with Gasteiger partial charge in [0.1, 0.15) is 5.82 Å². The molecule has 1 heterocycles. The molecule has 1 fully saturated rings. The summed E-state index contributed by atoms with van der Waals surface area (Å²) in [6.45, 7) is 3.78. The minimum Gasteiger partial charge on any atom is -0.379 e. The summed E-state index contributed by atoms with van der Waals surface area (Å²) < 4.78 is 45.6. The normalized spacial score (nSPS) is 16.8. The number of halogens is 4. The molecule has 2 rings (SSSR count). The molecule has 2 nitrogen and oxygen atoms in total. The molecule has 0 unspecified atom stereocenters. The molecular formula is C13H15BrF3NO. The summed E-state index contributed by atoms with van der Waals surface area (Å²) in [5.74, 6) is -2.82. The van der Waals surface area contributed by atoms with E-state index in [0.29, 0.717) is 19.6 Å². The van der Waals surface area contributed by atoms with Gasteiger partial charge < -0.3 is 4.74 Å². The van der Waals surface area contributed by atoms with E-state index < -0.39 is 17.5 Å². The molecule has 1 aromatic rings. The first-order chi connectivity index (χ1) is 9.09. The van der Waals surface area contributed by atoms with E-state index in [9.17, 15) is 13.2 Å². The Morgan fingerprint density at radius 2 is 1.84 bits per heavy atom. The van der Waals surface area contributed by atoms with Crippen LogP contribution in [0.4, 0.5) is 13.2 Å². The van der Waals surface area contributed by atoms with Gasteiger partial charge in [0.15, 0.2) is 11.6 Å². The number of benzene rings is 1. The number of nitrogens with zero attached hydrogens (tertiary/aromatic N) is 1. The van der Waals surface area contributed by atoms with Gasteiger partial charge in [0.2, 0.25) is 0 Å². The topological polar surface area (TPSA) is 12.5 Å². The van der Waals surface area contributed by atoms with Gasteiger partial charge in [-0.3, -0.25) is 4.90 Å². The zero-order valence-corrected chi connectivity index (χ0v) is 12.0. The maximum atomic E-state index is 13.6. The molecule has 1 saturated heterocycles. The SMILES string of the molecule is Fc1cc(Br)c(F)c(F)c1CCCN1CCOCC1. The maximum absolute atomic E-state index is 13.6. The van der Waals surface area contributed by atoms with Crippen molar-refractivity contribution in [1.29, 1.82) is 0 Å². The molecule has 0 N–H and O–H groups in total. The number of hydrogen-bond acceptors (Lipinski definition) is 2. The Balaban J connectivity index is 1.94. The van der Waals surface area contributed by atoms with Crippen molar-refractivity contribution in [1.82, 2.24) is 4.90 Å². The molecule has 106 valence electrons. The third kappa shape index (κ3) is 3.70. The lowest BCUT2D eigenvalue weighted by Gasteiger charge is -2.26. The number of rotatable bonds is 4. The Morgan fingerprint density at radius 1 is 1.16 bits per heavy atom. The van der Waals surface area contributed by atoms with Gasteiger partial charge >= 0.3 is 0 Å². The predicted molar refractivity (Wildman–Crippen MR) is 69.6 cm³/mol. The fourth-order valence-corrected chi connectivity index (χ4v) is 2.51. The molecule has 1 aliphatic heterocycles. The van der Waals surface area contributed by atoms with Gasteiger partial charge in [-0.25, -0.2) is 13.2 Å². The van der Waals surface area contributed by atoms with Crippen molar-refractivity contribution in [2.24, 2.45) is 0 Å². The second-order valence-corrected chi connectivity index (χ2v) is 5.36. The highest BCUT2D eigenvalue weighted by atomic mass is 79.9. The Hall–Kier alpha value is -0.590. The van der Waals surface area contributed by atoms with Crippen LogP contribution in [0.15, 0.2) is 10.5 Å². The van der Waals surface area contributed by atoms with Crippen LogP contribution in [-0.2, 0) is 11.2 Å². The van der Waals surface area contributed by atoms with Crippen molar-refractivity contribution in [2.45, 2.75) is 12.8 Å². The van der Waals surface area contributed by atoms with Crippen molar-refractivity contribution in [2.75, 3.05) is 32.8 Å². The van der Waals surface area contributed by atoms with Gasteiger partial charge in [-0.1, -0.05) is 0 Å². The smallest absolute Gasteiger partial charge is 0.173 e. The fourth-order valence-electron chi connectivity index (χ4n) is 2.14. The zero-order chi connectivity index (χ0) is 13.8. The standard InChI is InChI=1S/C13H15BrF3NO/c14-10-8-11(15)9(12(16)13(10)17)2-1-3-18-4-6-19-7-5-18/h8H,1-7H2. The van der Waals surface area contributed by atoms with Gasteiger partial charge in [-0.05, 0) is 41.4 Å². The zero-order valence-electron chi connectivity index (χ0n) is 10.4. The van der Waals surface area contributed by atoms with Crippen LogP contribution in [0.1, 0.15) is 12.0 Å². The fraction of sp³-hybridized carbons (Fsp3) is 0.538. The molecular weight excluding hydrogens is 323 g/mol. The van der Waals surface area contributed by atoms with Crippen molar-refractivity contribution in [3.63, 3.8) is 0 Å². The predicted octanol–water partition coefficient (Wildman–Crippen LogP) is 3.13. The van der Waals surface area contributed by atoms with Crippen molar-refractivity contribution in [3.05, 3.63) is 33.6 Å². The number of hydrogen-bond donors (Lipinski definition) is 0. The minimum atomic E-state index is -1.09. The Kier molecular flexibility index (Phi) is 5.24. The second kappa shape index (κ2) is 6.72. The molecule has 0 bridgehead atoms. The van der Waals surface area contributed by atoms with Gasteiger partial charge in [0.25, 0.3) is 0 Å². The summed E-state index contributed by atoms with van der Waals surface area (Å²) >= 11 is 2.78. The molecule has 6 heteroatoms. The van der Waals surface area contributed by atoms with E-state index in [2.05, 4.69) is 20.8 Å². The van der Waals surface area contributed by atoms with Gasteiger partial charge in [-0.15, -0.1) is 0 Å². The van der Waals surface area contributed by atoms with Crippen LogP contribution in [0.5, 0.6) is 0 Å². The average Bonchev–Trinajstić information content (AvgIpc) is 2.41. The summed E-state index contributed by atoms with van der Waals surface area (Å²) in [6, 6.07) is 0.975. The monoisotopic (exact) mass is 337 g/mol. The van der Waals surface area contributed by atoms with Crippen LogP contribution in [0.3, 0.4) is 0 Å². The van der Waals surface area contributed by atoms with Gasteiger partial charge in [0, 0.05) is 18.7 Å². The van der Waals surface area contributed by atoms with E-state index in [1.165, 1.54) is 0 Å². The molecule has 1 aromatic carbocycles. The number of morpholine rings is 1. The molecule has 0 amide bonds. The maximum Gasteiger partial charge on any atom is 0.173 e. The molecule has 0 aromatic heterocycles. The Morgan fingerprint density at radius 3 is 2.53 bits per heavy atom. The Labute approximate surface area is 118 Å². The molecule has 19 heavy (non-hydrogen) atoms. The third-order valence-electron chi connectivity index (χ3n) is 3.21. The average molecular weight is 338 g/mol. The summed E-state index contributed by atoms with van der Waals surface area (Å²) in [4.78, 5) is 2.18. The molecule has 0 spiro atoms. The first-order valence-corrected chi connectivity index (χ1v) is 7.01. The lowest BCUT2D eigenvalue weighted by Crippen LogP contribution is -2.37.